The summed E-state index contributed by atoms with van der Waals surface area (Å²) in [6.45, 7) is 4.32. The van der Waals surface area contributed by atoms with Gasteiger partial charge >= 0.3 is 0 Å². The second-order valence-corrected chi connectivity index (χ2v) is 7.52. The van der Waals surface area contributed by atoms with E-state index in [2.05, 4.69) is 10.5 Å². The van der Waals surface area contributed by atoms with Gasteiger partial charge in [0.2, 0.25) is 15.9 Å². The number of carbonyl (C=O) groups is 1. The molecule has 9 heteroatoms. The standard InChI is InChI=1S/C14H23N3O5S/c1-10-14(11(2)22-16-10)23(19,20)17-7-4-12(5-8-17)15-13(18)6-9-21-3/h12H,4-9H2,1-3H3,(H,15,18). The van der Waals surface area contributed by atoms with Gasteiger partial charge in [-0.1, -0.05) is 5.16 Å². The summed E-state index contributed by atoms with van der Waals surface area (Å²) in [7, 11) is -2.05. The van der Waals surface area contributed by atoms with Gasteiger partial charge in [-0.25, -0.2) is 8.42 Å². The molecule has 1 amide bonds. The van der Waals surface area contributed by atoms with Crippen molar-refractivity contribution in [1.29, 1.82) is 0 Å². The third-order valence-corrected chi connectivity index (χ3v) is 6.06. The van der Waals surface area contributed by atoms with E-state index in [0.717, 1.165) is 0 Å². The van der Waals surface area contributed by atoms with E-state index in [0.29, 0.717) is 50.4 Å². The van der Waals surface area contributed by atoms with Crippen LogP contribution in [0.15, 0.2) is 9.42 Å². The summed E-state index contributed by atoms with van der Waals surface area (Å²) in [5.74, 6) is 0.233. The average molecular weight is 345 g/mol. The monoisotopic (exact) mass is 345 g/mol. The number of ether oxygens (including phenoxy) is 1. The van der Waals surface area contributed by atoms with E-state index in [4.69, 9.17) is 9.26 Å². The number of nitrogens with zero attached hydrogens (tertiary/aromatic N) is 2. The molecule has 0 aliphatic carbocycles. The zero-order valence-corrected chi connectivity index (χ0v) is 14.5. The number of nitrogens with one attached hydrogen (secondary N) is 1. The molecule has 0 aromatic carbocycles. The highest BCUT2D eigenvalue weighted by atomic mass is 32.2. The number of methoxy groups -OCH3 is 1. The molecule has 0 atom stereocenters. The van der Waals surface area contributed by atoms with Crippen molar-refractivity contribution in [1.82, 2.24) is 14.8 Å². The molecular formula is C14H23N3O5S. The van der Waals surface area contributed by atoms with Crippen LogP contribution >= 0.6 is 0 Å². The summed E-state index contributed by atoms with van der Waals surface area (Å²) >= 11 is 0. The molecule has 1 aromatic heterocycles. The lowest BCUT2D eigenvalue weighted by molar-refractivity contribution is -0.122. The van der Waals surface area contributed by atoms with E-state index in [1.807, 2.05) is 0 Å². The van der Waals surface area contributed by atoms with E-state index in [9.17, 15) is 13.2 Å². The Morgan fingerprint density at radius 3 is 2.57 bits per heavy atom. The summed E-state index contributed by atoms with van der Waals surface area (Å²) in [4.78, 5) is 11.8. The highest BCUT2D eigenvalue weighted by Crippen LogP contribution is 2.25. The summed E-state index contributed by atoms with van der Waals surface area (Å²) in [5.41, 5.74) is 0.373. The van der Waals surface area contributed by atoms with Crippen LogP contribution in [0.4, 0.5) is 0 Å². The Hall–Kier alpha value is -1.45. The van der Waals surface area contributed by atoms with Crippen LogP contribution in [0.1, 0.15) is 30.7 Å². The minimum atomic E-state index is -3.60. The lowest BCUT2D eigenvalue weighted by Crippen LogP contribution is -2.46. The van der Waals surface area contributed by atoms with Gasteiger partial charge in [0.15, 0.2) is 5.76 Å². The molecule has 1 fully saturated rings. The number of piperidine rings is 1. The number of amides is 1. The van der Waals surface area contributed by atoms with Crippen LogP contribution in [0.2, 0.25) is 0 Å². The van der Waals surface area contributed by atoms with Crippen molar-refractivity contribution in [2.24, 2.45) is 0 Å². The van der Waals surface area contributed by atoms with Gasteiger partial charge in [-0.15, -0.1) is 0 Å². The van der Waals surface area contributed by atoms with E-state index in [-0.39, 0.29) is 16.8 Å². The van der Waals surface area contributed by atoms with Gasteiger partial charge in [-0.3, -0.25) is 4.79 Å². The van der Waals surface area contributed by atoms with Crippen molar-refractivity contribution >= 4 is 15.9 Å². The molecule has 0 spiro atoms. The van der Waals surface area contributed by atoms with E-state index in [1.165, 1.54) is 4.31 Å². The second-order valence-electron chi connectivity index (χ2n) is 5.64. The third kappa shape index (κ3) is 4.10. The minimum Gasteiger partial charge on any atom is -0.384 e. The number of aromatic nitrogens is 1. The highest BCUT2D eigenvalue weighted by molar-refractivity contribution is 7.89. The molecule has 2 heterocycles. The number of hydrogen-bond acceptors (Lipinski definition) is 6. The molecule has 1 saturated heterocycles. The molecule has 0 bridgehead atoms. The topological polar surface area (TPSA) is 102 Å². The van der Waals surface area contributed by atoms with Crippen molar-refractivity contribution < 1.29 is 22.5 Å². The fourth-order valence-electron chi connectivity index (χ4n) is 2.71. The Labute approximate surface area is 136 Å². The lowest BCUT2D eigenvalue weighted by Gasteiger charge is -2.31. The van der Waals surface area contributed by atoms with Gasteiger partial charge < -0.3 is 14.6 Å². The predicted octanol–water partition coefficient (Wildman–Crippen LogP) is 0.597. The zero-order valence-electron chi connectivity index (χ0n) is 13.7. The number of rotatable bonds is 6. The average Bonchev–Trinajstić information content (AvgIpc) is 2.85. The summed E-state index contributed by atoms with van der Waals surface area (Å²) < 4.78 is 36.6. The first kappa shape index (κ1) is 17.9. The maximum absolute atomic E-state index is 12.7. The van der Waals surface area contributed by atoms with Crippen molar-refractivity contribution in [3.63, 3.8) is 0 Å². The molecule has 1 aliphatic rings. The Balaban J connectivity index is 1.95. The van der Waals surface area contributed by atoms with Crippen LogP contribution in [-0.4, -0.2) is 56.6 Å². The molecule has 0 saturated carbocycles. The molecule has 1 N–H and O–H groups in total. The van der Waals surface area contributed by atoms with E-state index < -0.39 is 10.0 Å². The number of hydrogen-bond donors (Lipinski definition) is 1. The molecule has 0 unspecified atom stereocenters. The van der Waals surface area contributed by atoms with Gasteiger partial charge in [0.25, 0.3) is 0 Å². The fourth-order valence-corrected chi connectivity index (χ4v) is 4.47. The van der Waals surface area contributed by atoms with Gasteiger partial charge in [0.05, 0.1) is 6.61 Å². The smallest absolute Gasteiger partial charge is 0.248 e. The van der Waals surface area contributed by atoms with Gasteiger partial charge in [-0.05, 0) is 26.7 Å². The first-order valence-electron chi connectivity index (χ1n) is 7.57. The predicted molar refractivity (Wildman–Crippen MR) is 82.4 cm³/mol. The molecular weight excluding hydrogens is 322 g/mol. The highest BCUT2D eigenvalue weighted by Gasteiger charge is 2.33. The van der Waals surface area contributed by atoms with Crippen LogP contribution in [0, 0.1) is 13.8 Å². The third-order valence-electron chi connectivity index (χ3n) is 3.92. The summed E-state index contributed by atoms with van der Waals surface area (Å²) in [5, 5.41) is 6.62. The number of aryl methyl sites for hydroxylation is 2. The fraction of sp³-hybridized carbons (Fsp3) is 0.714. The zero-order chi connectivity index (χ0) is 17.0. The van der Waals surface area contributed by atoms with Crippen LogP contribution in [-0.2, 0) is 19.6 Å². The largest absolute Gasteiger partial charge is 0.384 e. The van der Waals surface area contributed by atoms with E-state index in [1.54, 1.807) is 21.0 Å². The normalized spacial score (nSPS) is 17.3. The van der Waals surface area contributed by atoms with Crippen LogP contribution in [0.5, 0.6) is 0 Å². The second kappa shape index (κ2) is 7.41. The van der Waals surface area contributed by atoms with Gasteiger partial charge in [-0.2, -0.15) is 4.31 Å². The molecule has 130 valence electrons. The SMILES string of the molecule is COCCC(=O)NC1CCN(S(=O)(=O)c2c(C)noc2C)CC1. The van der Waals surface area contributed by atoms with Gasteiger partial charge in [0, 0.05) is 32.7 Å². The number of carbonyl (C=O) groups excluding carboxylic acids is 1. The molecule has 1 aromatic rings. The first-order valence-corrected chi connectivity index (χ1v) is 9.01. The van der Waals surface area contributed by atoms with Crippen molar-refractivity contribution in [2.75, 3.05) is 26.8 Å². The van der Waals surface area contributed by atoms with Crippen molar-refractivity contribution in [2.45, 2.75) is 44.0 Å². The van der Waals surface area contributed by atoms with Crippen LogP contribution in [0.3, 0.4) is 0 Å². The maximum atomic E-state index is 12.7. The van der Waals surface area contributed by atoms with Crippen LogP contribution in [0.25, 0.3) is 0 Å². The maximum Gasteiger partial charge on any atom is 0.248 e. The quantitative estimate of drug-likeness (QED) is 0.810. The molecule has 2 rings (SSSR count). The van der Waals surface area contributed by atoms with Crippen molar-refractivity contribution in [3.05, 3.63) is 11.5 Å². The van der Waals surface area contributed by atoms with Gasteiger partial charge in [0.1, 0.15) is 10.6 Å². The summed E-state index contributed by atoms with van der Waals surface area (Å²) in [6.07, 6.45) is 1.48. The molecule has 23 heavy (non-hydrogen) atoms. The Morgan fingerprint density at radius 2 is 2.04 bits per heavy atom. The van der Waals surface area contributed by atoms with Crippen molar-refractivity contribution in [3.8, 4) is 0 Å². The van der Waals surface area contributed by atoms with E-state index >= 15 is 0 Å². The number of sulfonamides is 1. The Kier molecular flexibility index (Phi) is 5.77. The molecule has 1 aliphatic heterocycles. The lowest BCUT2D eigenvalue weighted by atomic mass is 10.1. The molecule has 0 radical (unpaired) electrons. The molecule has 8 nitrogen and oxygen atoms in total. The minimum absolute atomic E-state index is 0.00419. The Bertz CT molecular complexity index is 628. The van der Waals surface area contributed by atoms with Crippen LogP contribution < -0.4 is 5.32 Å². The Morgan fingerprint density at radius 1 is 1.39 bits per heavy atom. The summed E-state index contributed by atoms with van der Waals surface area (Å²) in [6, 6.07) is -0.00419. The first-order chi connectivity index (χ1) is 10.9.